The highest BCUT2D eigenvalue weighted by molar-refractivity contribution is 6.37. The molecule has 0 unspecified atom stereocenters. The number of fused-ring (bicyclic) bond motifs is 1. The quantitative estimate of drug-likeness (QED) is 0.418. The van der Waals surface area contributed by atoms with Crippen molar-refractivity contribution in [2.24, 2.45) is 0 Å². The van der Waals surface area contributed by atoms with Crippen LogP contribution in [0.5, 0.6) is 5.75 Å². The Morgan fingerprint density at radius 1 is 0.962 bits per heavy atom. The summed E-state index contributed by atoms with van der Waals surface area (Å²) in [5, 5.41) is 2.19. The number of hydrogen-bond donors (Lipinski definition) is 0. The molecule has 4 aromatic rings. The molecule has 0 saturated heterocycles. The van der Waals surface area contributed by atoms with Gasteiger partial charge >= 0.3 is 0 Å². The Labute approximate surface area is 161 Å². The molecule has 0 atom stereocenters. The van der Waals surface area contributed by atoms with Gasteiger partial charge in [0.25, 0.3) is 0 Å². The monoisotopic (exact) mass is 382 g/mol. The third-order valence-corrected chi connectivity index (χ3v) is 5.02. The number of benzene rings is 2. The summed E-state index contributed by atoms with van der Waals surface area (Å²) in [6.07, 6.45) is 3.88. The number of nitrogens with zero attached hydrogens (tertiary/aromatic N) is 2. The molecule has 2 aromatic carbocycles. The molecule has 0 N–H and O–H groups in total. The fourth-order valence-electron chi connectivity index (χ4n) is 2.90. The maximum Gasteiger partial charge on any atom is 0.146 e. The highest BCUT2D eigenvalue weighted by atomic mass is 35.5. The fourth-order valence-corrected chi connectivity index (χ4v) is 3.47. The summed E-state index contributed by atoms with van der Waals surface area (Å²) >= 11 is 13.0. The van der Waals surface area contributed by atoms with E-state index in [2.05, 4.69) is 4.98 Å². The van der Waals surface area contributed by atoms with Crippen LogP contribution < -0.4 is 4.74 Å². The van der Waals surface area contributed by atoms with E-state index in [0.717, 1.165) is 27.8 Å². The van der Waals surface area contributed by atoms with E-state index in [1.807, 2.05) is 78.5 Å². The SMILES string of the molecule is Cc1ccc2cccc(OCc3c(Cl)ccc(-n4cccc4)c3Cl)c2n1. The lowest BCUT2D eigenvalue weighted by Gasteiger charge is -2.14. The molecule has 0 spiro atoms. The van der Waals surface area contributed by atoms with Gasteiger partial charge < -0.3 is 9.30 Å². The Kier molecular flexibility index (Phi) is 4.58. The van der Waals surface area contributed by atoms with Gasteiger partial charge in [0.2, 0.25) is 0 Å². The predicted molar refractivity (Wildman–Crippen MR) is 107 cm³/mol. The van der Waals surface area contributed by atoms with E-state index >= 15 is 0 Å². The van der Waals surface area contributed by atoms with Crippen molar-refractivity contribution < 1.29 is 4.74 Å². The van der Waals surface area contributed by atoms with Gasteiger partial charge in [0.05, 0.1) is 10.7 Å². The summed E-state index contributed by atoms with van der Waals surface area (Å²) in [6.45, 7) is 2.23. The standard InChI is InChI=1S/C21H16Cl2N2O/c1-14-7-8-15-5-4-6-19(21(15)24-14)26-13-16-17(22)9-10-18(20(16)23)25-11-2-3-12-25/h2-12H,13H2,1H3. The molecule has 5 heteroatoms. The van der Waals surface area contributed by atoms with Crippen LogP contribution in [0.15, 0.2) is 67.0 Å². The second-order valence-electron chi connectivity index (χ2n) is 6.02. The normalized spacial score (nSPS) is 11.0. The molecule has 2 heterocycles. The van der Waals surface area contributed by atoms with Crippen LogP contribution in [0.25, 0.3) is 16.6 Å². The lowest BCUT2D eigenvalue weighted by molar-refractivity contribution is 0.309. The molecule has 0 radical (unpaired) electrons. The number of rotatable bonds is 4. The van der Waals surface area contributed by atoms with E-state index in [1.54, 1.807) is 0 Å². The fraction of sp³-hybridized carbons (Fsp3) is 0.0952. The summed E-state index contributed by atoms with van der Waals surface area (Å²) in [4.78, 5) is 4.60. The Balaban J connectivity index is 1.69. The summed E-state index contributed by atoms with van der Waals surface area (Å²) < 4.78 is 8.00. The lowest BCUT2D eigenvalue weighted by Crippen LogP contribution is -2.02. The number of hydrogen-bond acceptors (Lipinski definition) is 2. The van der Waals surface area contributed by atoms with Crippen LogP contribution in [0.3, 0.4) is 0 Å². The minimum Gasteiger partial charge on any atom is -0.487 e. The number of pyridine rings is 1. The first-order valence-corrected chi connectivity index (χ1v) is 8.98. The minimum atomic E-state index is 0.265. The Morgan fingerprint density at radius 3 is 2.58 bits per heavy atom. The lowest BCUT2D eigenvalue weighted by atomic mass is 10.2. The zero-order valence-electron chi connectivity index (χ0n) is 14.1. The van der Waals surface area contributed by atoms with Gasteiger partial charge in [0.1, 0.15) is 17.9 Å². The molecule has 0 bridgehead atoms. The second-order valence-corrected chi connectivity index (χ2v) is 6.80. The van der Waals surface area contributed by atoms with E-state index in [0.29, 0.717) is 15.8 Å². The van der Waals surface area contributed by atoms with Crippen molar-refractivity contribution in [3.05, 3.63) is 88.3 Å². The van der Waals surface area contributed by atoms with E-state index in [9.17, 15) is 0 Å². The molecule has 4 rings (SSSR count). The Morgan fingerprint density at radius 2 is 1.77 bits per heavy atom. The molecule has 0 aliphatic carbocycles. The average Bonchev–Trinajstić information content (AvgIpc) is 3.16. The van der Waals surface area contributed by atoms with E-state index in [-0.39, 0.29) is 6.61 Å². The second kappa shape index (κ2) is 7.02. The third kappa shape index (κ3) is 3.16. The van der Waals surface area contributed by atoms with Crippen molar-refractivity contribution in [3.63, 3.8) is 0 Å². The largest absolute Gasteiger partial charge is 0.487 e. The van der Waals surface area contributed by atoms with Crippen LogP contribution in [0.2, 0.25) is 10.0 Å². The van der Waals surface area contributed by atoms with E-state index in [1.165, 1.54) is 0 Å². The predicted octanol–water partition coefficient (Wildman–Crippen LogP) is 6.22. The van der Waals surface area contributed by atoms with Crippen LogP contribution in [0, 0.1) is 6.92 Å². The van der Waals surface area contributed by atoms with Crippen molar-refractivity contribution in [1.29, 1.82) is 0 Å². The Hall–Kier alpha value is -2.49. The smallest absolute Gasteiger partial charge is 0.146 e. The summed E-state index contributed by atoms with van der Waals surface area (Å²) in [6, 6.07) is 17.5. The molecule has 26 heavy (non-hydrogen) atoms. The number of ether oxygens (including phenoxy) is 1. The topological polar surface area (TPSA) is 27.1 Å². The summed E-state index contributed by atoms with van der Waals surface area (Å²) in [5.41, 5.74) is 3.40. The summed E-state index contributed by atoms with van der Waals surface area (Å²) in [7, 11) is 0. The molecule has 0 fully saturated rings. The van der Waals surface area contributed by atoms with Crippen LogP contribution in [-0.2, 0) is 6.61 Å². The van der Waals surface area contributed by atoms with Gasteiger partial charge in [0, 0.05) is 34.1 Å². The van der Waals surface area contributed by atoms with Crippen LogP contribution in [-0.4, -0.2) is 9.55 Å². The first kappa shape index (κ1) is 17.0. The first-order chi connectivity index (χ1) is 12.6. The number of aromatic nitrogens is 2. The first-order valence-electron chi connectivity index (χ1n) is 8.23. The molecular formula is C21H16Cl2N2O. The molecular weight excluding hydrogens is 367 g/mol. The van der Waals surface area contributed by atoms with Gasteiger partial charge in [0.15, 0.2) is 0 Å². The van der Waals surface area contributed by atoms with Gasteiger partial charge in [-0.2, -0.15) is 0 Å². The van der Waals surface area contributed by atoms with Gasteiger partial charge in [-0.05, 0) is 43.3 Å². The van der Waals surface area contributed by atoms with Crippen molar-refractivity contribution in [1.82, 2.24) is 9.55 Å². The highest BCUT2D eigenvalue weighted by Gasteiger charge is 2.13. The Bertz CT molecular complexity index is 1080. The highest BCUT2D eigenvalue weighted by Crippen LogP contribution is 2.33. The number of para-hydroxylation sites is 1. The number of halogens is 2. The zero-order chi connectivity index (χ0) is 18.1. The third-order valence-electron chi connectivity index (χ3n) is 4.24. The van der Waals surface area contributed by atoms with Gasteiger partial charge in [-0.25, -0.2) is 4.98 Å². The van der Waals surface area contributed by atoms with Crippen molar-refractivity contribution in [2.45, 2.75) is 13.5 Å². The molecule has 3 nitrogen and oxygen atoms in total. The van der Waals surface area contributed by atoms with Gasteiger partial charge in [-0.3, -0.25) is 0 Å². The van der Waals surface area contributed by atoms with Crippen molar-refractivity contribution in [3.8, 4) is 11.4 Å². The van der Waals surface area contributed by atoms with E-state index < -0.39 is 0 Å². The maximum atomic E-state index is 6.61. The number of aryl methyl sites for hydroxylation is 1. The van der Waals surface area contributed by atoms with E-state index in [4.69, 9.17) is 27.9 Å². The minimum absolute atomic E-state index is 0.265. The molecule has 0 amide bonds. The van der Waals surface area contributed by atoms with Gasteiger partial charge in [-0.15, -0.1) is 0 Å². The zero-order valence-corrected chi connectivity index (χ0v) is 15.6. The molecule has 0 aliphatic rings. The van der Waals surface area contributed by atoms with Crippen LogP contribution in [0.4, 0.5) is 0 Å². The molecule has 0 saturated carbocycles. The van der Waals surface area contributed by atoms with Crippen molar-refractivity contribution >= 4 is 34.1 Å². The van der Waals surface area contributed by atoms with Crippen molar-refractivity contribution in [2.75, 3.05) is 0 Å². The van der Waals surface area contributed by atoms with Gasteiger partial charge in [-0.1, -0.05) is 41.4 Å². The van der Waals surface area contributed by atoms with Crippen LogP contribution in [0.1, 0.15) is 11.3 Å². The maximum absolute atomic E-state index is 6.61. The molecule has 2 aromatic heterocycles. The summed E-state index contributed by atoms with van der Waals surface area (Å²) in [5.74, 6) is 0.713. The van der Waals surface area contributed by atoms with Crippen LogP contribution >= 0.6 is 23.2 Å². The average molecular weight is 383 g/mol. The molecule has 130 valence electrons. The molecule has 0 aliphatic heterocycles.